The molecule has 0 radical (unpaired) electrons. The quantitative estimate of drug-likeness (QED) is 0.421. The minimum absolute atomic E-state index is 0.178. The second-order valence-corrected chi connectivity index (χ2v) is 8.69. The Bertz CT molecular complexity index is 954. The summed E-state index contributed by atoms with van der Waals surface area (Å²) in [6, 6.07) is 23.8. The summed E-state index contributed by atoms with van der Waals surface area (Å²) in [6.45, 7) is 0.178. The fourth-order valence-corrected chi connectivity index (χ4v) is 5.07. The maximum absolute atomic E-state index is 13.8. The average Bonchev–Trinajstić information content (AvgIpc) is 2.77. The van der Waals surface area contributed by atoms with E-state index in [-0.39, 0.29) is 6.61 Å². The molecule has 0 heterocycles. The highest BCUT2D eigenvalue weighted by Crippen LogP contribution is 2.44. The van der Waals surface area contributed by atoms with E-state index in [2.05, 4.69) is 0 Å². The summed E-state index contributed by atoms with van der Waals surface area (Å²) in [7, 11) is -1.38. The lowest BCUT2D eigenvalue weighted by atomic mass is 10.2. The lowest BCUT2D eigenvalue weighted by molar-refractivity contribution is 0.112. The molecule has 3 aromatic carbocycles. The zero-order valence-corrected chi connectivity index (χ0v) is 16.4. The predicted octanol–water partition coefficient (Wildman–Crippen LogP) is 4.41. The van der Waals surface area contributed by atoms with Crippen LogP contribution in [0.25, 0.3) is 0 Å². The van der Waals surface area contributed by atoms with Crippen LogP contribution < -0.4 is 20.1 Å². The number of hydrogen-bond donors (Lipinski definition) is 0. The van der Waals surface area contributed by atoms with Crippen LogP contribution in [0, 0.1) is 0 Å². The number of rotatable bonds is 8. The number of methoxy groups -OCH3 is 1. The first kappa shape index (κ1) is 19.7. The summed E-state index contributed by atoms with van der Waals surface area (Å²) in [5.41, 5.74) is 0.434. The molecule has 0 saturated carbocycles. The van der Waals surface area contributed by atoms with Crippen molar-refractivity contribution in [2.24, 2.45) is 0 Å². The van der Waals surface area contributed by atoms with E-state index in [1.165, 1.54) is 0 Å². The normalized spacial score (nSPS) is 11.3. The van der Waals surface area contributed by atoms with Crippen molar-refractivity contribution in [2.45, 2.75) is 0 Å². The topological polar surface area (TPSA) is 52.6 Å². The molecule has 28 heavy (non-hydrogen) atoms. The molecule has 0 bridgehead atoms. The molecule has 3 aromatic rings. The highest BCUT2D eigenvalue weighted by Gasteiger charge is 2.23. The van der Waals surface area contributed by atoms with Gasteiger partial charge in [-0.15, -0.1) is 0 Å². The molecule has 0 spiro atoms. The Kier molecular flexibility index (Phi) is 6.46. The largest absolute Gasteiger partial charge is 0.497 e. The van der Waals surface area contributed by atoms with Crippen molar-refractivity contribution in [3.63, 3.8) is 0 Å². The van der Waals surface area contributed by atoms with Crippen LogP contribution in [0.4, 0.5) is 0 Å². The molecule has 0 fully saturated rings. The van der Waals surface area contributed by atoms with E-state index >= 15 is 0 Å². The van der Waals surface area contributed by atoms with Gasteiger partial charge in [-0.1, -0.05) is 60.7 Å². The highest BCUT2D eigenvalue weighted by molar-refractivity contribution is 7.81. The first-order valence-corrected chi connectivity index (χ1v) is 10.6. The van der Waals surface area contributed by atoms with Crippen LogP contribution in [0.2, 0.25) is 0 Å². The summed E-state index contributed by atoms with van der Waals surface area (Å²) < 4.78 is 24.7. The number of ether oxygens (including phenoxy) is 2. The molecule has 142 valence electrons. The second kappa shape index (κ2) is 9.20. The summed E-state index contributed by atoms with van der Waals surface area (Å²) in [6.07, 6.45) is 2.46. The Hall–Kier alpha value is -3.10. The minimum atomic E-state index is -2.93. The van der Waals surface area contributed by atoms with Crippen LogP contribution in [-0.2, 0) is 4.57 Å². The van der Waals surface area contributed by atoms with E-state index in [1.54, 1.807) is 37.2 Å². The third kappa shape index (κ3) is 4.41. The molecule has 0 aliphatic carbocycles. The van der Waals surface area contributed by atoms with Gasteiger partial charge in [-0.25, -0.2) is 0 Å². The fourth-order valence-electron chi connectivity index (χ4n) is 2.81. The van der Waals surface area contributed by atoms with Gasteiger partial charge < -0.3 is 14.0 Å². The predicted molar refractivity (Wildman–Crippen MR) is 113 cm³/mol. The van der Waals surface area contributed by atoms with Crippen LogP contribution in [0.1, 0.15) is 10.4 Å². The molecule has 0 aliphatic heterocycles. The Morgan fingerprint density at radius 1 is 0.893 bits per heavy atom. The summed E-state index contributed by atoms with van der Waals surface area (Å²) in [4.78, 5) is 11.2. The molecule has 3 rings (SSSR count). The number of hydrogen-bond acceptors (Lipinski definition) is 4. The smallest absolute Gasteiger partial charge is 0.163 e. The standard InChI is InChI=1S/C23H21O4P/c1-26-20-14-13-19(18-24)23(17-20)27-15-8-16-28(25,21-9-4-2-5-10-21)22-11-6-3-7-12-22/h2-14,16-18H,15H2,1H3/b16-8+. The van der Waals surface area contributed by atoms with Crippen molar-refractivity contribution in [3.8, 4) is 11.5 Å². The van der Waals surface area contributed by atoms with Crippen molar-refractivity contribution < 1.29 is 18.8 Å². The monoisotopic (exact) mass is 392 g/mol. The van der Waals surface area contributed by atoms with Gasteiger partial charge in [-0.3, -0.25) is 4.79 Å². The third-order valence-electron chi connectivity index (χ3n) is 4.28. The van der Waals surface area contributed by atoms with Crippen molar-refractivity contribution in [3.05, 3.63) is 96.3 Å². The fraction of sp³-hybridized carbons (Fsp3) is 0.0870. The van der Waals surface area contributed by atoms with Gasteiger partial charge in [0, 0.05) is 16.7 Å². The van der Waals surface area contributed by atoms with E-state index in [0.29, 0.717) is 17.1 Å². The molecule has 0 atom stereocenters. The zero-order valence-electron chi connectivity index (χ0n) is 15.5. The highest BCUT2D eigenvalue weighted by atomic mass is 31.2. The Labute approximate surface area is 164 Å². The number of benzene rings is 3. The molecule has 0 N–H and O–H groups in total. The number of carbonyl (C=O) groups is 1. The second-order valence-electron chi connectivity index (χ2n) is 6.05. The number of aldehydes is 1. The van der Waals surface area contributed by atoms with E-state index < -0.39 is 7.14 Å². The van der Waals surface area contributed by atoms with Crippen molar-refractivity contribution >= 4 is 24.0 Å². The van der Waals surface area contributed by atoms with Crippen LogP contribution in [-0.4, -0.2) is 20.0 Å². The lowest BCUT2D eigenvalue weighted by Crippen LogP contribution is -2.14. The molecule has 0 saturated heterocycles. The first-order chi connectivity index (χ1) is 13.7. The van der Waals surface area contributed by atoms with Crippen LogP contribution in [0.5, 0.6) is 11.5 Å². The van der Waals surface area contributed by atoms with E-state index in [1.807, 2.05) is 60.7 Å². The third-order valence-corrected chi connectivity index (χ3v) is 7.04. The SMILES string of the molecule is COc1ccc(C=O)c(OC/C=C/P(=O)(c2ccccc2)c2ccccc2)c1. The molecular weight excluding hydrogens is 371 g/mol. The van der Waals surface area contributed by atoms with Gasteiger partial charge in [-0.2, -0.15) is 0 Å². The molecular formula is C23H21O4P. The zero-order chi connectivity index (χ0) is 19.8. The molecule has 0 aliphatic rings. The van der Waals surface area contributed by atoms with Gasteiger partial charge in [0.25, 0.3) is 0 Å². The Morgan fingerprint density at radius 2 is 1.50 bits per heavy atom. The lowest BCUT2D eigenvalue weighted by Gasteiger charge is -2.15. The Balaban J connectivity index is 1.84. The van der Waals surface area contributed by atoms with Gasteiger partial charge in [0.15, 0.2) is 13.4 Å². The number of carbonyl (C=O) groups excluding carboxylic acids is 1. The van der Waals surface area contributed by atoms with Gasteiger partial charge in [0.2, 0.25) is 0 Å². The maximum Gasteiger partial charge on any atom is 0.163 e. The maximum atomic E-state index is 13.8. The van der Waals surface area contributed by atoms with Crippen molar-refractivity contribution in [1.82, 2.24) is 0 Å². The van der Waals surface area contributed by atoms with Crippen LogP contribution in [0.3, 0.4) is 0 Å². The van der Waals surface area contributed by atoms with E-state index in [0.717, 1.165) is 16.9 Å². The molecule has 0 unspecified atom stereocenters. The molecule has 0 aromatic heterocycles. The van der Waals surface area contributed by atoms with Gasteiger partial charge in [0.05, 0.1) is 12.7 Å². The average molecular weight is 392 g/mol. The van der Waals surface area contributed by atoms with E-state index in [4.69, 9.17) is 9.47 Å². The minimum Gasteiger partial charge on any atom is -0.497 e. The summed E-state index contributed by atoms with van der Waals surface area (Å²) in [5, 5.41) is 1.51. The Morgan fingerprint density at radius 3 is 2.04 bits per heavy atom. The molecule has 5 heteroatoms. The van der Waals surface area contributed by atoms with E-state index in [9.17, 15) is 9.36 Å². The van der Waals surface area contributed by atoms with Crippen molar-refractivity contribution in [1.29, 1.82) is 0 Å². The van der Waals surface area contributed by atoms with Crippen LogP contribution in [0.15, 0.2) is 90.8 Å². The summed E-state index contributed by atoms with van der Waals surface area (Å²) >= 11 is 0. The van der Waals surface area contributed by atoms with Crippen LogP contribution >= 0.6 is 7.14 Å². The van der Waals surface area contributed by atoms with Gasteiger partial charge in [-0.05, 0) is 24.0 Å². The first-order valence-electron chi connectivity index (χ1n) is 8.82. The van der Waals surface area contributed by atoms with Gasteiger partial charge >= 0.3 is 0 Å². The van der Waals surface area contributed by atoms with Gasteiger partial charge in [0.1, 0.15) is 18.1 Å². The molecule has 4 nitrogen and oxygen atoms in total. The molecule has 0 amide bonds. The van der Waals surface area contributed by atoms with Crippen molar-refractivity contribution in [2.75, 3.05) is 13.7 Å². The summed E-state index contributed by atoms with van der Waals surface area (Å²) in [5.74, 6) is 2.73.